The van der Waals surface area contributed by atoms with Crippen LogP contribution in [0.5, 0.6) is 0 Å². The first-order chi connectivity index (χ1) is 8.36. The van der Waals surface area contributed by atoms with Crippen molar-refractivity contribution < 1.29 is 5.11 Å². The van der Waals surface area contributed by atoms with Gasteiger partial charge in [0.25, 0.3) is 0 Å². The van der Waals surface area contributed by atoms with Crippen molar-refractivity contribution in [1.82, 2.24) is 9.97 Å². The first-order valence-electron chi connectivity index (χ1n) is 6.12. The molecule has 2 aromatic rings. The number of benzene rings is 1. The Hall–Kier alpha value is -1.61. The topological polar surface area (TPSA) is 48.9 Å². The highest BCUT2D eigenvalue weighted by molar-refractivity contribution is 5.35. The molecule has 0 spiro atoms. The quantitative estimate of drug-likeness (QED) is 0.848. The summed E-state index contributed by atoms with van der Waals surface area (Å²) in [6.07, 6.45) is 6.55. The minimum Gasteiger partial charge on any atom is -0.380 e. The summed E-state index contributed by atoms with van der Waals surface area (Å²) in [6, 6.07) is 8.15. The highest BCUT2D eigenvalue weighted by atomic mass is 16.3. The number of rotatable bonds is 3. The highest BCUT2D eigenvalue weighted by Gasteiger charge is 2.25. The summed E-state index contributed by atoms with van der Waals surface area (Å²) < 4.78 is 0. The third kappa shape index (κ3) is 1.87. The van der Waals surface area contributed by atoms with Gasteiger partial charge in [0.2, 0.25) is 0 Å². The van der Waals surface area contributed by atoms with Crippen molar-refractivity contribution in [3.05, 3.63) is 53.6 Å². The number of nitrogens with zero attached hydrogens (tertiary/aromatic N) is 1. The molecule has 1 fully saturated rings. The Labute approximate surface area is 101 Å². The molecule has 1 aliphatic rings. The molecule has 1 aromatic heterocycles. The number of hydrogen-bond donors (Lipinski definition) is 2. The molecule has 2 N–H and O–H groups in total. The van der Waals surface area contributed by atoms with Gasteiger partial charge < -0.3 is 10.1 Å². The van der Waals surface area contributed by atoms with E-state index in [-0.39, 0.29) is 0 Å². The monoisotopic (exact) mass is 228 g/mol. The van der Waals surface area contributed by atoms with Gasteiger partial charge in [-0.25, -0.2) is 4.98 Å². The Bertz CT molecular complexity index is 489. The minimum atomic E-state index is -0.637. The molecule has 1 heterocycles. The zero-order chi connectivity index (χ0) is 11.7. The molecule has 1 aliphatic carbocycles. The predicted molar refractivity (Wildman–Crippen MR) is 65.7 cm³/mol. The Morgan fingerprint density at radius 1 is 1.29 bits per heavy atom. The molecule has 0 bridgehead atoms. The molecule has 3 rings (SSSR count). The number of imidazole rings is 1. The van der Waals surface area contributed by atoms with Crippen molar-refractivity contribution in [2.75, 3.05) is 0 Å². The maximum atomic E-state index is 10.3. The molecule has 1 saturated carbocycles. The molecule has 17 heavy (non-hydrogen) atoms. The van der Waals surface area contributed by atoms with Crippen molar-refractivity contribution in [3.63, 3.8) is 0 Å². The zero-order valence-electron chi connectivity index (χ0n) is 9.63. The number of H-pyrrole nitrogens is 1. The zero-order valence-corrected chi connectivity index (χ0v) is 9.63. The summed E-state index contributed by atoms with van der Waals surface area (Å²) >= 11 is 0. The summed E-state index contributed by atoms with van der Waals surface area (Å²) in [5.74, 6) is 1.24. The third-order valence-corrected chi connectivity index (χ3v) is 3.61. The van der Waals surface area contributed by atoms with E-state index in [1.165, 1.54) is 24.8 Å². The van der Waals surface area contributed by atoms with Gasteiger partial charge in [0.1, 0.15) is 11.9 Å². The Kier molecular flexibility index (Phi) is 2.69. The standard InChI is InChI=1S/C14H16N2O/c17-13(14-15-8-9-16-14)12-7-2-1-6-11(12)10-4-3-5-10/h1-2,6-10,13,17H,3-5H2,(H,15,16). The van der Waals surface area contributed by atoms with Crippen molar-refractivity contribution in [3.8, 4) is 0 Å². The molecule has 0 radical (unpaired) electrons. The van der Waals surface area contributed by atoms with Crippen molar-refractivity contribution in [1.29, 1.82) is 0 Å². The smallest absolute Gasteiger partial charge is 0.139 e. The number of hydrogen-bond acceptors (Lipinski definition) is 2. The summed E-state index contributed by atoms with van der Waals surface area (Å²) in [5, 5.41) is 10.3. The van der Waals surface area contributed by atoms with Crippen LogP contribution < -0.4 is 0 Å². The lowest BCUT2D eigenvalue weighted by Gasteiger charge is -2.28. The van der Waals surface area contributed by atoms with Crippen LogP contribution in [0.25, 0.3) is 0 Å². The first kappa shape index (κ1) is 10.5. The lowest BCUT2D eigenvalue weighted by Crippen LogP contribution is -2.14. The lowest BCUT2D eigenvalue weighted by atomic mass is 9.77. The SMILES string of the molecule is OC(c1ncc[nH]1)c1ccccc1C1CCC1. The van der Waals surface area contributed by atoms with E-state index in [0.29, 0.717) is 11.7 Å². The summed E-state index contributed by atoms with van der Waals surface area (Å²) in [6.45, 7) is 0. The Morgan fingerprint density at radius 2 is 2.12 bits per heavy atom. The lowest BCUT2D eigenvalue weighted by molar-refractivity contribution is 0.208. The largest absolute Gasteiger partial charge is 0.380 e. The van der Waals surface area contributed by atoms with Gasteiger partial charge in [-0.2, -0.15) is 0 Å². The van der Waals surface area contributed by atoms with Gasteiger partial charge in [0.05, 0.1) is 0 Å². The highest BCUT2D eigenvalue weighted by Crippen LogP contribution is 2.40. The van der Waals surface area contributed by atoms with E-state index >= 15 is 0 Å². The van der Waals surface area contributed by atoms with Crippen molar-refractivity contribution >= 4 is 0 Å². The summed E-state index contributed by atoms with van der Waals surface area (Å²) in [7, 11) is 0. The summed E-state index contributed by atoms with van der Waals surface area (Å²) in [4.78, 5) is 7.11. The van der Waals surface area contributed by atoms with Gasteiger partial charge in [-0.15, -0.1) is 0 Å². The average molecular weight is 228 g/mol. The average Bonchev–Trinajstić information content (AvgIpc) is 2.80. The van der Waals surface area contributed by atoms with Crippen LogP contribution in [0, 0.1) is 0 Å². The van der Waals surface area contributed by atoms with Crippen LogP contribution in [0.4, 0.5) is 0 Å². The van der Waals surface area contributed by atoms with Crippen LogP contribution >= 0.6 is 0 Å². The fourth-order valence-electron chi connectivity index (χ4n) is 2.43. The molecule has 0 aliphatic heterocycles. The number of aromatic amines is 1. The molecule has 88 valence electrons. The fraction of sp³-hybridized carbons (Fsp3) is 0.357. The van der Waals surface area contributed by atoms with E-state index in [0.717, 1.165) is 5.56 Å². The van der Waals surface area contributed by atoms with Crippen LogP contribution in [0.2, 0.25) is 0 Å². The van der Waals surface area contributed by atoms with E-state index in [9.17, 15) is 5.11 Å². The van der Waals surface area contributed by atoms with E-state index in [4.69, 9.17) is 0 Å². The number of aliphatic hydroxyl groups excluding tert-OH is 1. The third-order valence-electron chi connectivity index (χ3n) is 3.61. The van der Waals surface area contributed by atoms with Crippen LogP contribution in [0.3, 0.4) is 0 Å². The van der Waals surface area contributed by atoms with Crippen molar-refractivity contribution in [2.45, 2.75) is 31.3 Å². The molecular formula is C14H16N2O. The van der Waals surface area contributed by atoms with E-state index < -0.39 is 6.10 Å². The molecule has 1 aromatic carbocycles. The molecular weight excluding hydrogens is 212 g/mol. The second-order valence-electron chi connectivity index (χ2n) is 4.63. The van der Waals surface area contributed by atoms with Gasteiger partial charge in [-0.05, 0) is 29.9 Å². The predicted octanol–water partition coefficient (Wildman–Crippen LogP) is 2.76. The van der Waals surface area contributed by atoms with Crippen molar-refractivity contribution in [2.24, 2.45) is 0 Å². The number of nitrogens with one attached hydrogen (secondary N) is 1. The van der Waals surface area contributed by atoms with Gasteiger partial charge in [-0.1, -0.05) is 30.7 Å². The van der Waals surface area contributed by atoms with Gasteiger partial charge >= 0.3 is 0 Å². The maximum Gasteiger partial charge on any atom is 0.139 e. The Balaban J connectivity index is 1.96. The van der Waals surface area contributed by atoms with Crippen LogP contribution in [-0.4, -0.2) is 15.1 Å². The van der Waals surface area contributed by atoms with Gasteiger partial charge in [-0.3, -0.25) is 0 Å². The van der Waals surface area contributed by atoms with E-state index in [1.807, 2.05) is 18.2 Å². The fourth-order valence-corrected chi connectivity index (χ4v) is 2.43. The molecule has 0 saturated heterocycles. The minimum absolute atomic E-state index is 0.621. The number of aromatic nitrogens is 2. The normalized spacial score (nSPS) is 17.7. The van der Waals surface area contributed by atoms with Gasteiger partial charge in [0.15, 0.2) is 0 Å². The summed E-state index contributed by atoms with van der Waals surface area (Å²) in [5.41, 5.74) is 2.27. The van der Waals surface area contributed by atoms with Gasteiger partial charge in [0, 0.05) is 12.4 Å². The maximum absolute atomic E-state index is 10.3. The number of aliphatic hydroxyl groups is 1. The molecule has 0 amide bonds. The van der Waals surface area contributed by atoms with Crippen LogP contribution in [0.15, 0.2) is 36.7 Å². The van der Waals surface area contributed by atoms with E-state index in [2.05, 4.69) is 16.0 Å². The van der Waals surface area contributed by atoms with E-state index in [1.54, 1.807) is 12.4 Å². The first-order valence-corrected chi connectivity index (χ1v) is 6.12. The molecule has 3 heteroatoms. The molecule has 1 unspecified atom stereocenters. The van der Waals surface area contributed by atoms with Crippen LogP contribution in [-0.2, 0) is 0 Å². The molecule has 3 nitrogen and oxygen atoms in total. The second-order valence-corrected chi connectivity index (χ2v) is 4.63. The van der Waals surface area contributed by atoms with Crippen LogP contribution in [0.1, 0.15) is 48.2 Å². The molecule has 1 atom stereocenters. The second kappa shape index (κ2) is 4.34. The Morgan fingerprint density at radius 3 is 2.76 bits per heavy atom.